The van der Waals surface area contributed by atoms with Gasteiger partial charge in [0.25, 0.3) is 0 Å². The molecule has 0 aliphatic rings. The van der Waals surface area contributed by atoms with E-state index in [1.54, 1.807) is 0 Å². The van der Waals surface area contributed by atoms with Crippen molar-refractivity contribution in [3.05, 3.63) is 79.8 Å². The minimum absolute atomic E-state index is 0.0420. The number of hydrogen-bond acceptors (Lipinski definition) is 2. The molecule has 0 radical (unpaired) electrons. The van der Waals surface area contributed by atoms with Crippen LogP contribution < -0.4 is 5.43 Å². The average molecular weight is 360 g/mol. The van der Waals surface area contributed by atoms with Gasteiger partial charge in [-0.25, -0.2) is 4.39 Å². The lowest BCUT2D eigenvalue weighted by Crippen LogP contribution is -2.17. The van der Waals surface area contributed by atoms with Crippen molar-refractivity contribution >= 4 is 32.6 Å². The first-order chi connectivity index (χ1) is 10.5. The third-order valence-corrected chi connectivity index (χ3v) is 4.21. The third-order valence-electron chi connectivity index (χ3n) is 3.55. The Kier molecular flexibility index (Phi) is 3.66. The van der Waals surface area contributed by atoms with E-state index in [9.17, 15) is 14.0 Å². The largest absolute Gasteiger partial charge is 0.359 e. The van der Waals surface area contributed by atoms with Gasteiger partial charge in [-0.2, -0.15) is 0 Å². The number of rotatable bonds is 2. The summed E-state index contributed by atoms with van der Waals surface area (Å²) in [6.07, 6.45) is 1.40. The van der Waals surface area contributed by atoms with Gasteiger partial charge in [0.1, 0.15) is 5.82 Å². The molecule has 0 saturated carbocycles. The molecule has 22 heavy (non-hydrogen) atoms. The molecule has 3 rings (SSSR count). The lowest BCUT2D eigenvalue weighted by molar-refractivity contribution is 0.103. The van der Waals surface area contributed by atoms with Crippen LogP contribution in [0.2, 0.25) is 0 Å². The topological polar surface area (TPSA) is 49.9 Å². The smallest absolute Gasteiger partial charge is 0.200 e. The monoisotopic (exact) mass is 359 g/mol. The summed E-state index contributed by atoms with van der Waals surface area (Å²) in [6.45, 7) is 1.82. The SMILES string of the molecule is Cc1ccc(Br)c2[nH]cc(C(=O)c3ccc(F)cc3)c(=O)c12. The van der Waals surface area contributed by atoms with E-state index in [0.717, 1.165) is 10.0 Å². The summed E-state index contributed by atoms with van der Waals surface area (Å²) in [6, 6.07) is 8.79. The Balaban J connectivity index is 2.22. The molecular formula is C17H11BrFNO2. The Morgan fingerprint density at radius 1 is 1.14 bits per heavy atom. The Labute approximate surface area is 133 Å². The van der Waals surface area contributed by atoms with Gasteiger partial charge in [-0.15, -0.1) is 0 Å². The predicted molar refractivity (Wildman–Crippen MR) is 86.8 cm³/mol. The molecule has 5 heteroatoms. The predicted octanol–water partition coefficient (Wildman–Crippen LogP) is 3.97. The maximum atomic E-state index is 13.0. The van der Waals surface area contributed by atoms with Crippen LogP contribution in [0.25, 0.3) is 10.9 Å². The van der Waals surface area contributed by atoms with Crippen molar-refractivity contribution in [3.63, 3.8) is 0 Å². The molecule has 0 amide bonds. The number of carbonyl (C=O) groups is 1. The number of ketones is 1. The van der Waals surface area contributed by atoms with Gasteiger partial charge < -0.3 is 4.98 Å². The highest BCUT2D eigenvalue weighted by atomic mass is 79.9. The number of pyridine rings is 1. The number of hydrogen-bond donors (Lipinski definition) is 1. The number of halogens is 2. The molecule has 0 unspecified atom stereocenters. The molecule has 3 nitrogen and oxygen atoms in total. The van der Waals surface area contributed by atoms with Crippen LogP contribution in [0, 0.1) is 12.7 Å². The van der Waals surface area contributed by atoms with Gasteiger partial charge >= 0.3 is 0 Å². The quantitative estimate of drug-likeness (QED) is 0.703. The molecule has 110 valence electrons. The Morgan fingerprint density at radius 2 is 1.82 bits per heavy atom. The van der Waals surface area contributed by atoms with Crippen LogP contribution in [-0.4, -0.2) is 10.8 Å². The molecular weight excluding hydrogens is 349 g/mol. The zero-order chi connectivity index (χ0) is 15.9. The van der Waals surface area contributed by atoms with Gasteiger partial charge in [0.05, 0.1) is 16.5 Å². The molecule has 1 N–H and O–H groups in total. The standard InChI is InChI=1S/C17H11BrFNO2/c1-9-2-7-13(18)15-14(9)17(22)12(8-20-15)16(21)10-3-5-11(19)6-4-10/h2-8H,1H3,(H,20,22). The lowest BCUT2D eigenvalue weighted by Gasteiger charge is -2.07. The fourth-order valence-electron chi connectivity index (χ4n) is 2.39. The van der Waals surface area contributed by atoms with E-state index in [2.05, 4.69) is 20.9 Å². The minimum Gasteiger partial charge on any atom is -0.359 e. The molecule has 0 bridgehead atoms. The highest BCUT2D eigenvalue weighted by Crippen LogP contribution is 2.23. The highest BCUT2D eigenvalue weighted by molar-refractivity contribution is 9.10. The average Bonchev–Trinajstić information content (AvgIpc) is 2.51. The Morgan fingerprint density at radius 3 is 2.50 bits per heavy atom. The van der Waals surface area contributed by atoms with E-state index in [-0.39, 0.29) is 16.6 Å². The van der Waals surface area contributed by atoms with Crippen molar-refractivity contribution in [1.29, 1.82) is 0 Å². The zero-order valence-corrected chi connectivity index (χ0v) is 13.2. The van der Waals surface area contributed by atoms with Crippen molar-refractivity contribution in [3.8, 4) is 0 Å². The van der Waals surface area contributed by atoms with Crippen LogP contribution in [-0.2, 0) is 0 Å². The van der Waals surface area contributed by atoms with Crippen LogP contribution >= 0.6 is 15.9 Å². The fraction of sp³-hybridized carbons (Fsp3) is 0.0588. The zero-order valence-electron chi connectivity index (χ0n) is 11.6. The summed E-state index contributed by atoms with van der Waals surface area (Å²) in [5, 5.41) is 0.474. The first-order valence-corrected chi connectivity index (χ1v) is 7.39. The summed E-state index contributed by atoms with van der Waals surface area (Å²) in [4.78, 5) is 28.1. The van der Waals surface area contributed by atoms with Crippen LogP contribution in [0.15, 0.2) is 51.9 Å². The second-order valence-electron chi connectivity index (χ2n) is 4.98. The van der Waals surface area contributed by atoms with Crippen LogP contribution in [0.3, 0.4) is 0 Å². The maximum absolute atomic E-state index is 13.0. The van der Waals surface area contributed by atoms with Crippen molar-refractivity contribution in [2.45, 2.75) is 6.92 Å². The van der Waals surface area contributed by atoms with Crippen molar-refractivity contribution in [1.82, 2.24) is 4.98 Å². The first-order valence-electron chi connectivity index (χ1n) is 6.60. The minimum atomic E-state index is -0.428. The van der Waals surface area contributed by atoms with E-state index in [1.165, 1.54) is 30.5 Å². The van der Waals surface area contributed by atoms with Crippen molar-refractivity contribution in [2.24, 2.45) is 0 Å². The highest BCUT2D eigenvalue weighted by Gasteiger charge is 2.17. The van der Waals surface area contributed by atoms with Crippen LogP contribution in [0.5, 0.6) is 0 Å². The molecule has 1 aromatic heterocycles. The number of fused-ring (bicyclic) bond motifs is 1. The van der Waals surface area contributed by atoms with Gasteiger partial charge in [0.2, 0.25) is 5.43 Å². The molecule has 0 fully saturated rings. The molecule has 0 aliphatic carbocycles. The number of aromatic amines is 1. The van der Waals surface area contributed by atoms with E-state index in [4.69, 9.17) is 0 Å². The number of benzene rings is 2. The van der Waals surface area contributed by atoms with E-state index in [1.807, 2.05) is 19.1 Å². The normalized spacial score (nSPS) is 10.9. The first kappa shape index (κ1) is 14.7. The summed E-state index contributed by atoms with van der Waals surface area (Å²) in [5.74, 6) is -0.855. The van der Waals surface area contributed by atoms with Crippen LogP contribution in [0.1, 0.15) is 21.5 Å². The number of nitrogens with one attached hydrogen (secondary N) is 1. The molecule has 0 saturated heterocycles. The molecule has 0 aliphatic heterocycles. The van der Waals surface area contributed by atoms with E-state index >= 15 is 0 Å². The van der Waals surface area contributed by atoms with Gasteiger partial charge in [0, 0.05) is 16.2 Å². The Bertz CT molecular complexity index is 945. The summed E-state index contributed by atoms with van der Waals surface area (Å²) >= 11 is 3.38. The number of carbonyl (C=O) groups excluding carboxylic acids is 1. The fourth-order valence-corrected chi connectivity index (χ4v) is 2.83. The molecule has 2 aromatic carbocycles. The maximum Gasteiger partial charge on any atom is 0.200 e. The summed E-state index contributed by atoms with van der Waals surface area (Å²) < 4.78 is 13.7. The van der Waals surface area contributed by atoms with Gasteiger partial charge in [0.15, 0.2) is 5.78 Å². The van der Waals surface area contributed by atoms with Crippen molar-refractivity contribution < 1.29 is 9.18 Å². The molecule has 3 aromatic rings. The lowest BCUT2D eigenvalue weighted by atomic mass is 10.0. The molecule has 0 spiro atoms. The summed E-state index contributed by atoms with van der Waals surface area (Å²) in [5.41, 5.74) is 1.43. The van der Waals surface area contributed by atoms with Gasteiger partial charge in [-0.3, -0.25) is 9.59 Å². The third kappa shape index (κ3) is 2.37. The molecule has 1 heterocycles. The van der Waals surface area contributed by atoms with Crippen molar-refractivity contribution in [2.75, 3.05) is 0 Å². The van der Waals surface area contributed by atoms with E-state index in [0.29, 0.717) is 10.9 Å². The number of aryl methyl sites for hydroxylation is 1. The van der Waals surface area contributed by atoms with Gasteiger partial charge in [-0.05, 0) is 58.7 Å². The Hall–Kier alpha value is -2.27. The van der Waals surface area contributed by atoms with Crippen LogP contribution in [0.4, 0.5) is 4.39 Å². The summed E-state index contributed by atoms with van der Waals surface area (Å²) in [7, 11) is 0. The van der Waals surface area contributed by atoms with Gasteiger partial charge in [-0.1, -0.05) is 6.07 Å². The molecule has 0 atom stereocenters. The second-order valence-corrected chi connectivity index (χ2v) is 5.84. The number of H-pyrrole nitrogens is 1. The number of aromatic nitrogens is 1. The second kappa shape index (κ2) is 5.50. The van der Waals surface area contributed by atoms with E-state index < -0.39 is 11.6 Å².